The summed E-state index contributed by atoms with van der Waals surface area (Å²) in [6.45, 7) is 7.74. The summed E-state index contributed by atoms with van der Waals surface area (Å²) in [6, 6.07) is 18.2. The van der Waals surface area contributed by atoms with E-state index in [0.717, 1.165) is 43.9 Å². The standard InChI is InChI=1S/C25H30N4O2/c1-19-23(27-25(31-19)22-9-4-3-5-10-22)16-24(30)26-17-20-7-6-8-21(15-20)18-29-13-11-28(2)12-14-29/h3-10,15H,11-14,16-18H2,1-2H3,(H,26,30). The van der Waals surface area contributed by atoms with Crippen molar-refractivity contribution in [2.24, 2.45) is 0 Å². The molecule has 0 saturated carbocycles. The van der Waals surface area contributed by atoms with Crippen molar-refractivity contribution in [1.82, 2.24) is 20.1 Å². The first-order valence-corrected chi connectivity index (χ1v) is 10.8. The van der Waals surface area contributed by atoms with Gasteiger partial charge in [-0.05, 0) is 37.2 Å². The van der Waals surface area contributed by atoms with Crippen LogP contribution >= 0.6 is 0 Å². The van der Waals surface area contributed by atoms with Gasteiger partial charge in [0.25, 0.3) is 0 Å². The van der Waals surface area contributed by atoms with E-state index in [-0.39, 0.29) is 12.3 Å². The average Bonchev–Trinajstić information content (AvgIpc) is 3.15. The molecule has 0 spiro atoms. The van der Waals surface area contributed by atoms with E-state index in [1.165, 1.54) is 5.56 Å². The van der Waals surface area contributed by atoms with E-state index in [2.05, 4.69) is 51.4 Å². The summed E-state index contributed by atoms with van der Waals surface area (Å²) in [6.07, 6.45) is 0.211. The zero-order valence-electron chi connectivity index (χ0n) is 18.3. The van der Waals surface area contributed by atoms with Crippen molar-refractivity contribution in [3.63, 3.8) is 0 Å². The quantitative estimate of drug-likeness (QED) is 0.638. The number of piperazine rings is 1. The highest BCUT2D eigenvalue weighted by atomic mass is 16.4. The van der Waals surface area contributed by atoms with E-state index in [1.807, 2.05) is 37.3 Å². The molecule has 0 unspecified atom stereocenters. The zero-order chi connectivity index (χ0) is 21.6. The van der Waals surface area contributed by atoms with E-state index < -0.39 is 0 Å². The maximum atomic E-state index is 12.5. The van der Waals surface area contributed by atoms with E-state index in [1.54, 1.807) is 0 Å². The third-order valence-electron chi connectivity index (χ3n) is 5.72. The summed E-state index contributed by atoms with van der Waals surface area (Å²) >= 11 is 0. The second kappa shape index (κ2) is 9.90. The third kappa shape index (κ3) is 5.81. The van der Waals surface area contributed by atoms with Crippen LogP contribution in [0.3, 0.4) is 0 Å². The maximum Gasteiger partial charge on any atom is 0.226 e. The van der Waals surface area contributed by atoms with Crippen LogP contribution in [-0.4, -0.2) is 53.9 Å². The Bertz CT molecular complexity index is 1010. The fraction of sp³-hybridized carbons (Fsp3) is 0.360. The van der Waals surface area contributed by atoms with Gasteiger partial charge in [0.2, 0.25) is 11.8 Å². The lowest BCUT2D eigenvalue weighted by atomic mass is 10.1. The lowest BCUT2D eigenvalue weighted by Crippen LogP contribution is -2.43. The molecule has 4 rings (SSSR count). The number of rotatable bonds is 7. The summed E-state index contributed by atoms with van der Waals surface area (Å²) in [7, 11) is 2.17. The van der Waals surface area contributed by atoms with Crippen LogP contribution in [0, 0.1) is 6.92 Å². The molecule has 0 aliphatic carbocycles. The van der Waals surface area contributed by atoms with Crippen LogP contribution in [0.15, 0.2) is 59.0 Å². The van der Waals surface area contributed by atoms with Gasteiger partial charge in [0.1, 0.15) is 5.76 Å². The second-order valence-electron chi connectivity index (χ2n) is 8.24. The molecule has 1 aliphatic rings. The van der Waals surface area contributed by atoms with Gasteiger partial charge >= 0.3 is 0 Å². The lowest BCUT2D eigenvalue weighted by molar-refractivity contribution is -0.120. The van der Waals surface area contributed by atoms with Crippen molar-refractivity contribution in [2.45, 2.75) is 26.4 Å². The highest BCUT2D eigenvalue weighted by Gasteiger charge is 2.16. The fourth-order valence-corrected chi connectivity index (χ4v) is 3.81. The van der Waals surface area contributed by atoms with Gasteiger partial charge in [-0.1, -0.05) is 42.5 Å². The molecule has 1 amide bonds. The Morgan fingerprint density at radius 1 is 1.03 bits per heavy atom. The number of carbonyl (C=O) groups excluding carboxylic acids is 1. The van der Waals surface area contributed by atoms with Gasteiger partial charge < -0.3 is 14.6 Å². The Hall–Kier alpha value is -2.96. The van der Waals surface area contributed by atoms with Gasteiger partial charge in [-0.2, -0.15) is 0 Å². The van der Waals surface area contributed by atoms with E-state index >= 15 is 0 Å². The average molecular weight is 419 g/mol. The molecule has 6 nitrogen and oxygen atoms in total. The first kappa shape index (κ1) is 21.3. The van der Waals surface area contributed by atoms with Crippen LogP contribution in [0.1, 0.15) is 22.6 Å². The van der Waals surface area contributed by atoms with Crippen LogP contribution in [-0.2, 0) is 24.3 Å². The Morgan fingerprint density at radius 2 is 1.77 bits per heavy atom. The van der Waals surface area contributed by atoms with Gasteiger partial charge in [0.15, 0.2) is 0 Å². The number of nitrogens with zero attached hydrogens (tertiary/aromatic N) is 3. The normalized spacial score (nSPS) is 15.2. The van der Waals surface area contributed by atoms with E-state index in [4.69, 9.17) is 4.42 Å². The predicted molar refractivity (Wildman–Crippen MR) is 121 cm³/mol. The summed E-state index contributed by atoms with van der Waals surface area (Å²) in [5.41, 5.74) is 3.99. The maximum absolute atomic E-state index is 12.5. The molecular weight excluding hydrogens is 388 g/mol. The monoisotopic (exact) mass is 418 g/mol. The van der Waals surface area contributed by atoms with Crippen LogP contribution in [0.4, 0.5) is 0 Å². The SMILES string of the molecule is Cc1oc(-c2ccccc2)nc1CC(=O)NCc1cccc(CN2CCN(C)CC2)c1. The number of aromatic nitrogens is 1. The van der Waals surface area contributed by atoms with E-state index in [9.17, 15) is 4.79 Å². The Kier molecular flexibility index (Phi) is 6.79. The van der Waals surface area contributed by atoms with Crippen molar-refractivity contribution < 1.29 is 9.21 Å². The first-order valence-electron chi connectivity index (χ1n) is 10.8. The van der Waals surface area contributed by atoms with Gasteiger partial charge in [0.05, 0.1) is 12.1 Å². The molecule has 0 bridgehead atoms. The van der Waals surface area contributed by atoms with Crippen LogP contribution in [0.2, 0.25) is 0 Å². The predicted octanol–water partition coefficient (Wildman–Crippen LogP) is 3.26. The molecule has 2 heterocycles. The Balaban J connectivity index is 1.31. The second-order valence-corrected chi connectivity index (χ2v) is 8.24. The number of amides is 1. The number of nitrogens with one attached hydrogen (secondary N) is 1. The number of benzene rings is 2. The topological polar surface area (TPSA) is 61.6 Å². The minimum Gasteiger partial charge on any atom is -0.441 e. The van der Waals surface area contributed by atoms with Gasteiger partial charge in [0, 0.05) is 44.8 Å². The molecule has 1 saturated heterocycles. The Labute approximate surface area is 183 Å². The van der Waals surface area contributed by atoms with Crippen LogP contribution in [0.5, 0.6) is 0 Å². The first-order chi connectivity index (χ1) is 15.1. The molecule has 6 heteroatoms. The van der Waals surface area contributed by atoms with Crippen molar-refractivity contribution in [3.05, 3.63) is 77.2 Å². The largest absolute Gasteiger partial charge is 0.441 e. The molecular formula is C25H30N4O2. The molecule has 0 atom stereocenters. The molecule has 1 fully saturated rings. The molecule has 1 N–H and O–H groups in total. The van der Waals surface area contributed by atoms with Crippen molar-refractivity contribution in [3.8, 4) is 11.5 Å². The molecule has 0 radical (unpaired) electrons. The number of aryl methyl sites for hydroxylation is 1. The molecule has 162 valence electrons. The summed E-state index contributed by atoms with van der Waals surface area (Å²) in [5, 5.41) is 3.02. The molecule has 31 heavy (non-hydrogen) atoms. The molecule has 3 aromatic rings. The van der Waals surface area contributed by atoms with Gasteiger partial charge in [-0.25, -0.2) is 4.98 Å². The highest BCUT2D eigenvalue weighted by molar-refractivity contribution is 5.78. The fourth-order valence-electron chi connectivity index (χ4n) is 3.81. The van der Waals surface area contributed by atoms with Gasteiger partial charge in [-0.3, -0.25) is 9.69 Å². The summed E-state index contributed by atoms with van der Waals surface area (Å²) in [5.74, 6) is 1.18. The number of likely N-dealkylation sites (N-methyl/N-ethyl adjacent to an activating group) is 1. The Morgan fingerprint density at radius 3 is 2.55 bits per heavy atom. The molecule has 2 aromatic carbocycles. The van der Waals surface area contributed by atoms with Crippen LogP contribution < -0.4 is 5.32 Å². The third-order valence-corrected chi connectivity index (χ3v) is 5.72. The van der Waals surface area contributed by atoms with E-state index in [0.29, 0.717) is 23.9 Å². The van der Waals surface area contributed by atoms with Crippen molar-refractivity contribution in [1.29, 1.82) is 0 Å². The molecule has 1 aliphatic heterocycles. The minimum atomic E-state index is -0.0551. The van der Waals surface area contributed by atoms with Crippen LogP contribution in [0.25, 0.3) is 11.5 Å². The number of hydrogen-bond donors (Lipinski definition) is 1. The van der Waals surface area contributed by atoms with Gasteiger partial charge in [-0.15, -0.1) is 0 Å². The lowest BCUT2D eigenvalue weighted by Gasteiger charge is -2.32. The number of hydrogen-bond acceptors (Lipinski definition) is 5. The highest BCUT2D eigenvalue weighted by Crippen LogP contribution is 2.21. The summed E-state index contributed by atoms with van der Waals surface area (Å²) in [4.78, 5) is 21.9. The van der Waals surface area contributed by atoms with Crippen molar-refractivity contribution >= 4 is 5.91 Å². The summed E-state index contributed by atoms with van der Waals surface area (Å²) < 4.78 is 5.76. The molecule has 1 aromatic heterocycles. The van der Waals surface area contributed by atoms with Crippen molar-refractivity contribution in [2.75, 3.05) is 33.2 Å². The minimum absolute atomic E-state index is 0.0551. The smallest absolute Gasteiger partial charge is 0.226 e. The number of oxazole rings is 1. The number of carbonyl (C=O) groups is 1. The zero-order valence-corrected chi connectivity index (χ0v) is 18.3.